The maximum atomic E-state index is 12.4. The van der Waals surface area contributed by atoms with Crippen LogP contribution in [-0.2, 0) is 4.79 Å². The molecule has 0 fully saturated rings. The molecule has 1 atom stereocenters. The van der Waals surface area contributed by atoms with Crippen molar-refractivity contribution in [3.63, 3.8) is 0 Å². The number of carbonyl (C=O) groups excluding carboxylic acids is 2. The average molecular weight is 428 g/mol. The number of hydrogen-bond acceptors (Lipinski definition) is 7. The Balaban J connectivity index is 1.51. The van der Waals surface area contributed by atoms with E-state index >= 15 is 0 Å². The van der Waals surface area contributed by atoms with Crippen molar-refractivity contribution in [3.8, 4) is 5.75 Å². The van der Waals surface area contributed by atoms with Gasteiger partial charge in [-0.3, -0.25) is 14.9 Å². The number of benzene rings is 2. The molecule has 0 spiro atoms. The first-order valence-corrected chi connectivity index (χ1v) is 10.8. The lowest BCUT2D eigenvalue weighted by molar-refractivity contribution is -0.122. The molecule has 0 aliphatic carbocycles. The van der Waals surface area contributed by atoms with Gasteiger partial charge in [0.25, 0.3) is 5.91 Å². The first kappa shape index (κ1) is 21.0. The molecule has 1 heterocycles. The molecular weight excluding hydrogens is 406 g/mol. The molecule has 29 heavy (non-hydrogen) atoms. The molecule has 1 aromatic heterocycles. The van der Waals surface area contributed by atoms with Gasteiger partial charge in [-0.05, 0) is 44.0 Å². The second-order valence-corrected chi connectivity index (χ2v) is 8.65. The number of thioether (sulfide) groups is 1. The van der Waals surface area contributed by atoms with Crippen LogP contribution in [0.15, 0.2) is 52.9 Å². The Labute approximate surface area is 177 Å². The van der Waals surface area contributed by atoms with Crippen LogP contribution in [0, 0.1) is 13.8 Å². The Morgan fingerprint density at radius 3 is 2.59 bits per heavy atom. The highest BCUT2D eigenvalue weighted by Gasteiger charge is 2.18. The first-order valence-electron chi connectivity index (χ1n) is 9.01. The van der Waals surface area contributed by atoms with Crippen molar-refractivity contribution in [1.29, 1.82) is 0 Å². The number of ketones is 1. The highest BCUT2D eigenvalue weighted by molar-refractivity contribution is 8.01. The van der Waals surface area contributed by atoms with Crippen LogP contribution in [0.1, 0.15) is 28.4 Å². The molecule has 3 rings (SSSR count). The van der Waals surface area contributed by atoms with Crippen LogP contribution in [0.2, 0.25) is 0 Å². The molecule has 2 aromatic carbocycles. The molecule has 1 unspecified atom stereocenters. The number of rotatable bonds is 8. The van der Waals surface area contributed by atoms with Crippen LogP contribution in [0.5, 0.6) is 5.75 Å². The summed E-state index contributed by atoms with van der Waals surface area (Å²) in [6.45, 7) is 5.70. The van der Waals surface area contributed by atoms with E-state index in [4.69, 9.17) is 4.74 Å². The minimum atomic E-state index is -0.684. The second-order valence-electron chi connectivity index (χ2n) is 6.45. The molecule has 0 saturated heterocycles. The number of hydrogen-bond donors (Lipinski definition) is 1. The van der Waals surface area contributed by atoms with Crippen molar-refractivity contribution in [2.24, 2.45) is 0 Å². The van der Waals surface area contributed by atoms with Gasteiger partial charge in [-0.1, -0.05) is 59.5 Å². The molecule has 0 bridgehead atoms. The highest BCUT2D eigenvalue weighted by Crippen LogP contribution is 2.26. The Hall–Kier alpha value is -2.71. The maximum absolute atomic E-state index is 12.4. The average Bonchev–Trinajstić information content (AvgIpc) is 3.16. The summed E-state index contributed by atoms with van der Waals surface area (Å²) in [6, 6.07) is 14.8. The summed E-state index contributed by atoms with van der Waals surface area (Å²) >= 11 is 2.53. The van der Waals surface area contributed by atoms with Crippen molar-refractivity contribution in [2.75, 3.05) is 11.1 Å². The summed E-state index contributed by atoms with van der Waals surface area (Å²) in [7, 11) is 0. The van der Waals surface area contributed by atoms with Gasteiger partial charge < -0.3 is 4.74 Å². The first-order chi connectivity index (χ1) is 13.9. The van der Waals surface area contributed by atoms with Crippen LogP contribution in [-0.4, -0.2) is 33.7 Å². The normalized spacial score (nSPS) is 11.7. The van der Waals surface area contributed by atoms with Crippen LogP contribution in [0.25, 0.3) is 0 Å². The molecule has 0 aliphatic heterocycles. The van der Waals surface area contributed by atoms with Gasteiger partial charge in [0.2, 0.25) is 5.13 Å². The number of amides is 1. The fourth-order valence-electron chi connectivity index (χ4n) is 2.41. The van der Waals surface area contributed by atoms with Gasteiger partial charge in [0.05, 0.1) is 5.75 Å². The fourth-order valence-corrected chi connectivity index (χ4v) is 4.05. The molecule has 1 amide bonds. The summed E-state index contributed by atoms with van der Waals surface area (Å²) in [5.41, 5.74) is 2.93. The quantitative estimate of drug-likeness (QED) is 0.323. The van der Waals surface area contributed by atoms with E-state index < -0.39 is 6.10 Å². The van der Waals surface area contributed by atoms with E-state index in [-0.39, 0.29) is 17.4 Å². The molecule has 0 saturated carbocycles. The van der Waals surface area contributed by atoms with Crippen molar-refractivity contribution >= 4 is 39.9 Å². The number of aromatic nitrogens is 2. The number of aryl methyl sites for hydroxylation is 2. The van der Waals surface area contributed by atoms with Gasteiger partial charge in [0, 0.05) is 5.56 Å². The van der Waals surface area contributed by atoms with Gasteiger partial charge >= 0.3 is 0 Å². The highest BCUT2D eigenvalue weighted by atomic mass is 32.2. The van der Waals surface area contributed by atoms with Gasteiger partial charge in [0.1, 0.15) is 5.75 Å². The summed E-state index contributed by atoms with van der Waals surface area (Å²) in [5.74, 6) is 0.616. The minimum absolute atomic E-state index is 0.0202. The summed E-state index contributed by atoms with van der Waals surface area (Å²) in [6.07, 6.45) is -0.684. The second kappa shape index (κ2) is 9.67. The van der Waals surface area contributed by atoms with E-state index in [0.717, 1.165) is 5.56 Å². The van der Waals surface area contributed by atoms with Gasteiger partial charge in [-0.2, -0.15) is 0 Å². The van der Waals surface area contributed by atoms with Crippen LogP contribution in [0.3, 0.4) is 0 Å². The van der Waals surface area contributed by atoms with Gasteiger partial charge in [-0.15, -0.1) is 10.2 Å². The molecule has 8 heteroatoms. The Bertz CT molecular complexity index is 1010. The minimum Gasteiger partial charge on any atom is -0.481 e. The Kier molecular flexibility index (Phi) is 7.00. The monoisotopic (exact) mass is 427 g/mol. The third-order valence-corrected chi connectivity index (χ3v) is 6.19. The van der Waals surface area contributed by atoms with E-state index in [1.165, 1.54) is 28.7 Å². The van der Waals surface area contributed by atoms with Gasteiger partial charge in [-0.25, -0.2) is 0 Å². The maximum Gasteiger partial charge on any atom is 0.266 e. The van der Waals surface area contributed by atoms with E-state index in [9.17, 15) is 9.59 Å². The van der Waals surface area contributed by atoms with E-state index in [1.54, 1.807) is 19.1 Å². The SMILES string of the molecule is Cc1ccc(OC(C)C(=O)Nc2nnc(SCC(=O)c3ccccc3)s2)cc1C. The Morgan fingerprint density at radius 1 is 1.10 bits per heavy atom. The third-order valence-electron chi connectivity index (χ3n) is 4.22. The molecule has 0 radical (unpaired) electrons. The zero-order valence-electron chi connectivity index (χ0n) is 16.3. The number of ether oxygens (including phenoxy) is 1. The lowest BCUT2D eigenvalue weighted by Crippen LogP contribution is -2.30. The van der Waals surface area contributed by atoms with Crippen molar-refractivity contribution in [1.82, 2.24) is 10.2 Å². The fraction of sp³-hybridized carbons (Fsp3) is 0.238. The number of anilines is 1. The topological polar surface area (TPSA) is 81.2 Å². The molecule has 0 aliphatic rings. The third kappa shape index (κ3) is 5.88. The number of nitrogens with one attached hydrogen (secondary N) is 1. The van der Waals surface area contributed by atoms with Crippen LogP contribution in [0.4, 0.5) is 5.13 Å². The number of nitrogens with zero attached hydrogens (tertiary/aromatic N) is 2. The van der Waals surface area contributed by atoms with E-state index in [2.05, 4.69) is 15.5 Å². The standard InChI is InChI=1S/C21H21N3O3S2/c1-13-9-10-17(11-14(13)2)27-15(3)19(26)22-20-23-24-21(29-20)28-12-18(25)16-7-5-4-6-8-16/h4-11,15H,12H2,1-3H3,(H,22,23,26). The van der Waals surface area contributed by atoms with Crippen molar-refractivity contribution in [2.45, 2.75) is 31.2 Å². The van der Waals surface area contributed by atoms with E-state index in [1.807, 2.05) is 50.2 Å². The Morgan fingerprint density at radius 2 is 1.86 bits per heavy atom. The van der Waals surface area contributed by atoms with Crippen LogP contribution < -0.4 is 10.1 Å². The summed E-state index contributed by atoms with van der Waals surface area (Å²) in [5, 5.41) is 11.1. The van der Waals surface area contributed by atoms with Gasteiger partial charge in [0.15, 0.2) is 16.2 Å². The predicted octanol–water partition coefficient (Wildman–Crippen LogP) is 4.54. The predicted molar refractivity (Wildman–Crippen MR) is 116 cm³/mol. The molecule has 3 aromatic rings. The number of carbonyl (C=O) groups is 2. The number of Topliss-reactive ketones (excluding diaryl/α,β-unsaturated/α-hetero) is 1. The molecule has 150 valence electrons. The molecule has 6 nitrogen and oxygen atoms in total. The zero-order chi connectivity index (χ0) is 20.8. The molecular formula is C21H21N3O3S2. The summed E-state index contributed by atoms with van der Waals surface area (Å²) in [4.78, 5) is 24.5. The lowest BCUT2D eigenvalue weighted by Gasteiger charge is -2.14. The smallest absolute Gasteiger partial charge is 0.266 e. The van der Waals surface area contributed by atoms with Crippen molar-refractivity contribution < 1.29 is 14.3 Å². The van der Waals surface area contributed by atoms with Crippen molar-refractivity contribution in [3.05, 3.63) is 65.2 Å². The largest absolute Gasteiger partial charge is 0.481 e. The van der Waals surface area contributed by atoms with Crippen LogP contribution >= 0.6 is 23.1 Å². The summed E-state index contributed by atoms with van der Waals surface area (Å²) < 4.78 is 6.33. The lowest BCUT2D eigenvalue weighted by atomic mass is 10.1. The molecule has 1 N–H and O–H groups in total. The zero-order valence-corrected chi connectivity index (χ0v) is 18.0. The van der Waals surface area contributed by atoms with E-state index in [0.29, 0.717) is 20.8 Å².